The Morgan fingerprint density at radius 1 is 1.15 bits per heavy atom. The van der Waals surface area contributed by atoms with E-state index in [9.17, 15) is 13.2 Å². The topological polar surface area (TPSA) is 97.4 Å². The molecule has 0 bridgehead atoms. The maximum atomic E-state index is 11.8. The number of rotatable bonds is 8. The molecule has 2 rings (SSSR count). The fourth-order valence-electron chi connectivity index (χ4n) is 2.21. The van der Waals surface area contributed by atoms with E-state index < -0.39 is 15.9 Å². The zero-order chi connectivity index (χ0) is 19.0. The molecule has 8 heteroatoms. The Morgan fingerprint density at radius 2 is 1.88 bits per heavy atom. The molecule has 1 heterocycles. The Bertz CT molecular complexity index is 806. The van der Waals surface area contributed by atoms with Crippen LogP contribution in [0.3, 0.4) is 0 Å². The minimum absolute atomic E-state index is 0.0590. The van der Waals surface area contributed by atoms with E-state index in [0.29, 0.717) is 17.3 Å². The van der Waals surface area contributed by atoms with Gasteiger partial charge in [0.05, 0.1) is 23.4 Å². The SMILES string of the molecule is CC(C)CS(=O)(=O)CCNC(=O)Nc1ccc(Oc2ccccc2)nc1. The van der Waals surface area contributed by atoms with Crippen molar-refractivity contribution in [2.45, 2.75) is 13.8 Å². The number of hydrogen-bond acceptors (Lipinski definition) is 5. The molecule has 0 aliphatic rings. The molecule has 1 aromatic carbocycles. The van der Waals surface area contributed by atoms with Crippen molar-refractivity contribution in [2.24, 2.45) is 5.92 Å². The number of carbonyl (C=O) groups excluding carboxylic acids is 1. The third-order valence-corrected chi connectivity index (χ3v) is 5.25. The average Bonchev–Trinajstić information content (AvgIpc) is 2.56. The van der Waals surface area contributed by atoms with E-state index in [1.807, 2.05) is 44.2 Å². The van der Waals surface area contributed by atoms with Gasteiger partial charge in [0.1, 0.15) is 5.75 Å². The Hall–Kier alpha value is -2.61. The molecular weight excluding hydrogens is 354 g/mol. The summed E-state index contributed by atoms with van der Waals surface area (Å²) in [6.07, 6.45) is 1.47. The largest absolute Gasteiger partial charge is 0.439 e. The molecule has 0 aliphatic carbocycles. The van der Waals surface area contributed by atoms with Crippen molar-refractivity contribution in [3.8, 4) is 11.6 Å². The number of nitrogens with one attached hydrogen (secondary N) is 2. The van der Waals surface area contributed by atoms with Crippen molar-refractivity contribution in [2.75, 3.05) is 23.4 Å². The first-order chi connectivity index (χ1) is 12.3. The van der Waals surface area contributed by atoms with Crippen molar-refractivity contribution in [3.63, 3.8) is 0 Å². The smallest absolute Gasteiger partial charge is 0.319 e. The fraction of sp³-hybridized carbons (Fsp3) is 0.333. The number of nitrogens with zero attached hydrogens (tertiary/aromatic N) is 1. The summed E-state index contributed by atoms with van der Waals surface area (Å²) in [5.41, 5.74) is 0.480. The van der Waals surface area contributed by atoms with Gasteiger partial charge >= 0.3 is 6.03 Å². The third-order valence-electron chi connectivity index (χ3n) is 3.25. The van der Waals surface area contributed by atoms with Gasteiger partial charge in [-0.05, 0) is 24.1 Å². The summed E-state index contributed by atoms with van der Waals surface area (Å²) in [4.78, 5) is 15.9. The van der Waals surface area contributed by atoms with Crippen LogP contribution in [-0.4, -0.2) is 37.5 Å². The predicted molar refractivity (Wildman–Crippen MR) is 101 cm³/mol. The molecule has 26 heavy (non-hydrogen) atoms. The van der Waals surface area contributed by atoms with Gasteiger partial charge in [0.25, 0.3) is 0 Å². The van der Waals surface area contributed by atoms with Crippen LogP contribution in [0.4, 0.5) is 10.5 Å². The van der Waals surface area contributed by atoms with Crippen LogP contribution < -0.4 is 15.4 Å². The Labute approximate surface area is 153 Å². The Balaban J connectivity index is 1.78. The number of amides is 2. The highest BCUT2D eigenvalue weighted by Crippen LogP contribution is 2.19. The second-order valence-electron chi connectivity index (χ2n) is 6.19. The quantitative estimate of drug-likeness (QED) is 0.737. The number of carbonyl (C=O) groups is 1. The third kappa shape index (κ3) is 7.10. The summed E-state index contributed by atoms with van der Waals surface area (Å²) in [5, 5.41) is 5.12. The van der Waals surface area contributed by atoms with Crippen LogP contribution in [0.2, 0.25) is 0 Å². The summed E-state index contributed by atoms with van der Waals surface area (Å²) < 4.78 is 29.1. The first-order valence-electron chi connectivity index (χ1n) is 8.28. The second-order valence-corrected chi connectivity index (χ2v) is 8.42. The molecule has 0 saturated carbocycles. The number of ether oxygens (including phenoxy) is 1. The maximum Gasteiger partial charge on any atom is 0.319 e. The average molecular weight is 377 g/mol. The molecule has 1 aromatic heterocycles. The van der Waals surface area contributed by atoms with Gasteiger partial charge in [-0.15, -0.1) is 0 Å². The van der Waals surface area contributed by atoms with E-state index in [-0.39, 0.29) is 24.0 Å². The van der Waals surface area contributed by atoms with Crippen LogP contribution >= 0.6 is 0 Å². The van der Waals surface area contributed by atoms with Crippen LogP contribution in [0.1, 0.15) is 13.8 Å². The Kier molecular flexibility index (Phi) is 6.97. The lowest BCUT2D eigenvalue weighted by Crippen LogP contribution is -2.33. The number of anilines is 1. The lowest BCUT2D eigenvalue weighted by atomic mass is 10.3. The number of urea groups is 1. The van der Waals surface area contributed by atoms with Crippen LogP contribution in [0.15, 0.2) is 48.7 Å². The van der Waals surface area contributed by atoms with E-state index in [1.165, 1.54) is 6.20 Å². The molecule has 0 radical (unpaired) electrons. The zero-order valence-electron chi connectivity index (χ0n) is 14.8. The van der Waals surface area contributed by atoms with E-state index in [0.717, 1.165) is 0 Å². The van der Waals surface area contributed by atoms with Crippen molar-refractivity contribution < 1.29 is 17.9 Å². The van der Waals surface area contributed by atoms with Gasteiger partial charge in [0.2, 0.25) is 5.88 Å². The van der Waals surface area contributed by atoms with Crippen molar-refractivity contribution in [1.29, 1.82) is 0 Å². The van der Waals surface area contributed by atoms with Gasteiger partial charge in [-0.2, -0.15) is 0 Å². The molecule has 0 fully saturated rings. The molecule has 0 unspecified atom stereocenters. The summed E-state index contributed by atoms with van der Waals surface area (Å²) in [5.74, 6) is 1.17. The number of sulfone groups is 1. The number of pyridine rings is 1. The van der Waals surface area contributed by atoms with E-state index in [4.69, 9.17) is 4.74 Å². The maximum absolute atomic E-state index is 11.8. The first-order valence-corrected chi connectivity index (χ1v) is 10.1. The predicted octanol–water partition coefficient (Wildman–Crippen LogP) is 3.07. The number of benzene rings is 1. The van der Waals surface area contributed by atoms with E-state index in [1.54, 1.807) is 12.1 Å². The number of para-hydroxylation sites is 1. The lowest BCUT2D eigenvalue weighted by molar-refractivity contribution is 0.252. The highest BCUT2D eigenvalue weighted by Gasteiger charge is 2.13. The van der Waals surface area contributed by atoms with E-state index >= 15 is 0 Å². The molecule has 2 aromatic rings. The van der Waals surface area contributed by atoms with Crippen LogP contribution in [0.25, 0.3) is 0 Å². The monoisotopic (exact) mass is 377 g/mol. The summed E-state index contributed by atoms with van der Waals surface area (Å²) >= 11 is 0. The second kappa shape index (κ2) is 9.19. The van der Waals surface area contributed by atoms with Gasteiger partial charge in [-0.25, -0.2) is 18.2 Å². The minimum Gasteiger partial charge on any atom is -0.439 e. The normalized spacial score (nSPS) is 11.2. The minimum atomic E-state index is -3.16. The van der Waals surface area contributed by atoms with Gasteiger partial charge in [-0.3, -0.25) is 0 Å². The van der Waals surface area contributed by atoms with Gasteiger partial charge in [-0.1, -0.05) is 32.0 Å². The van der Waals surface area contributed by atoms with Crippen molar-refractivity contribution >= 4 is 21.6 Å². The van der Waals surface area contributed by atoms with Crippen LogP contribution in [0.5, 0.6) is 11.6 Å². The molecule has 0 spiro atoms. The molecular formula is C18H23N3O4S. The molecule has 0 aliphatic heterocycles. The molecule has 2 N–H and O–H groups in total. The molecule has 0 atom stereocenters. The number of aromatic nitrogens is 1. The van der Waals surface area contributed by atoms with Gasteiger partial charge in [0, 0.05) is 12.6 Å². The van der Waals surface area contributed by atoms with Crippen molar-refractivity contribution in [3.05, 3.63) is 48.7 Å². The van der Waals surface area contributed by atoms with Gasteiger partial charge < -0.3 is 15.4 Å². The molecule has 2 amide bonds. The highest BCUT2D eigenvalue weighted by atomic mass is 32.2. The fourth-order valence-corrected chi connectivity index (χ4v) is 3.81. The van der Waals surface area contributed by atoms with Crippen LogP contribution in [-0.2, 0) is 9.84 Å². The summed E-state index contributed by atoms with van der Waals surface area (Å²) in [6, 6.07) is 12.0. The lowest BCUT2D eigenvalue weighted by Gasteiger charge is -2.10. The highest BCUT2D eigenvalue weighted by molar-refractivity contribution is 7.91. The molecule has 0 saturated heterocycles. The van der Waals surface area contributed by atoms with Gasteiger partial charge in [0.15, 0.2) is 9.84 Å². The molecule has 140 valence electrons. The van der Waals surface area contributed by atoms with Crippen LogP contribution in [0, 0.1) is 5.92 Å². The Morgan fingerprint density at radius 3 is 2.50 bits per heavy atom. The molecule has 7 nitrogen and oxygen atoms in total. The standard InChI is InChI=1S/C18H23N3O4S/c1-14(2)13-26(23,24)11-10-19-18(22)21-15-8-9-17(20-12-15)25-16-6-4-3-5-7-16/h3-9,12,14H,10-11,13H2,1-2H3,(H2,19,21,22). The summed E-state index contributed by atoms with van der Waals surface area (Å²) in [7, 11) is -3.16. The zero-order valence-corrected chi connectivity index (χ0v) is 15.6. The van der Waals surface area contributed by atoms with E-state index in [2.05, 4.69) is 15.6 Å². The summed E-state index contributed by atoms with van der Waals surface area (Å²) in [6.45, 7) is 3.75. The number of hydrogen-bond donors (Lipinski definition) is 2. The first kappa shape index (κ1) is 19.7. The van der Waals surface area contributed by atoms with Crippen molar-refractivity contribution in [1.82, 2.24) is 10.3 Å².